The van der Waals surface area contributed by atoms with Crippen LogP contribution in [0.25, 0.3) is 10.8 Å². The van der Waals surface area contributed by atoms with E-state index in [2.05, 4.69) is 9.88 Å². The molecule has 1 N–H and O–H groups in total. The van der Waals surface area contributed by atoms with Gasteiger partial charge in [0.15, 0.2) is 0 Å². The molecule has 0 saturated heterocycles. The Labute approximate surface area is 124 Å². The van der Waals surface area contributed by atoms with Crippen LogP contribution in [0.5, 0.6) is 5.75 Å². The van der Waals surface area contributed by atoms with Crippen LogP contribution in [0.2, 0.25) is 0 Å². The molecule has 0 unspecified atom stereocenters. The summed E-state index contributed by atoms with van der Waals surface area (Å²) >= 11 is 5.99. The maximum Gasteiger partial charge on any atom is 0.136 e. The molecule has 2 aromatic rings. The first-order valence-electron chi connectivity index (χ1n) is 7.20. The van der Waals surface area contributed by atoms with Crippen LogP contribution in [0.1, 0.15) is 25.7 Å². The summed E-state index contributed by atoms with van der Waals surface area (Å²) in [5, 5.41) is 11.9. The molecule has 0 spiro atoms. The molecule has 0 amide bonds. The SMILES string of the molecule is Oc1ccc2ccnc(N(CCCl)C3CCCC3)c2c1. The van der Waals surface area contributed by atoms with Crippen LogP contribution in [0, 0.1) is 0 Å². The molecule has 3 nitrogen and oxygen atoms in total. The monoisotopic (exact) mass is 290 g/mol. The highest BCUT2D eigenvalue weighted by Crippen LogP contribution is 2.32. The summed E-state index contributed by atoms with van der Waals surface area (Å²) in [6.07, 6.45) is 6.80. The second-order valence-electron chi connectivity index (χ2n) is 5.36. The molecule has 1 aromatic carbocycles. The predicted octanol–water partition coefficient (Wildman–Crippen LogP) is 3.93. The number of nitrogens with zero attached hydrogens (tertiary/aromatic N) is 2. The number of fused-ring (bicyclic) bond motifs is 1. The van der Waals surface area contributed by atoms with Crippen molar-refractivity contribution in [2.75, 3.05) is 17.3 Å². The van der Waals surface area contributed by atoms with E-state index in [9.17, 15) is 5.11 Å². The van der Waals surface area contributed by atoms with Gasteiger partial charge in [-0.2, -0.15) is 0 Å². The van der Waals surface area contributed by atoms with Gasteiger partial charge in [0, 0.05) is 30.0 Å². The fourth-order valence-electron chi connectivity index (χ4n) is 3.14. The van der Waals surface area contributed by atoms with E-state index in [0.717, 1.165) is 23.1 Å². The van der Waals surface area contributed by atoms with Crippen LogP contribution in [-0.4, -0.2) is 28.6 Å². The zero-order chi connectivity index (χ0) is 13.9. The Morgan fingerprint density at radius 2 is 2.05 bits per heavy atom. The topological polar surface area (TPSA) is 36.4 Å². The fraction of sp³-hybridized carbons (Fsp3) is 0.438. The van der Waals surface area contributed by atoms with Crippen molar-refractivity contribution in [3.8, 4) is 5.75 Å². The summed E-state index contributed by atoms with van der Waals surface area (Å²) in [6.45, 7) is 0.800. The van der Waals surface area contributed by atoms with E-state index >= 15 is 0 Å². The number of halogens is 1. The van der Waals surface area contributed by atoms with E-state index in [1.54, 1.807) is 12.1 Å². The fourth-order valence-corrected chi connectivity index (χ4v) is 3.32. The molecule has 3 rings (SSSR count). The van der Waals surface area contributed by atoms with Gasteiger partial charge in [-0.15, -0.1) is 11.6 Å². The first-order chi connectivity index (χ1) is 9.79. The molecule has 0 aliphatic heterocycles. The summed E-state index contributed by atoms with van der Waals surface area (Å²) in [5.74, 6) is 1.82. The van der Waals surface area contributed by atoms with Gasteiger partial charge < -0.3 is 10.0 Å². The van der Waals surface area contributed by atoms with Crippen molar-refractivity contribution in [3.05, 3.63) is 30.5 Å². The number of anilines is 1. The van der Waals surface area contributed by atoms with Crippen LogP contribution in [0.3, 0.4) is 0 Å². The minimum atomic E-state index is 0.281. The number of pyridine rings is 1. The highest BCUT2D eigenvalue weighted by atomic mass is 35.5. The standard InChI is InChI=1S/C16H19ClN2O/c17-8-10-19(13-3-1-2-4-13)16-15-11-14(20)6-5-12(15)7-9-18-16/h5-7,9,11,13,20H,1-4,8,10H2. The highest BCUT2D eigenvalue weighted by molar-refractivity contribution is 6.18. The Morgan fingerprint density at radius 3 is 2.80 bits per heavy atom. The van der Waals surface area contributed by atoms with Crippen molar-refractivity contribution < 1.29 is 5.11 Å². The van der Waals surface area contributed by atoms with Crippen molar-refractivity contribution in [3.63, 3.8) is 0 Å². The van der Waals surface area contributed by atoms with Gasteiger partial charge in [-0.1, -0.05) is 18.9 Å². The number of aromatic hydroxyl groups is 1. The molecule has 4 heteroatoms. The predicted molar refractivity (Wildman–Crippen MR) is 83.7 cm³/mol. The Morgan fingerprint density at radius 1 is 1.25 bits per heavy atom. The van der Waals surface area contributed by atoms with Crippen molar-refractivity contribution in [1.82, 2.24) is 4.98 Å². The number of hydrogen-bond acceptors (Lipinski definition) is 3. The first-order valence-corrected chi connectivity index (χ1v) is 7.73. The van der Waals surface area contributed by atoms with Gasteiger partial charge in [0.1, 0.15) is 11.6 Å². The third-order valence-electron chi connectivity index (χ3n) is 4.09. The summed E-state index contributed by atoms with van der Waals surface area (Å²) in [6, 6.07) is 7.95. The molecule has 1 saturated carbocycles. The molecule has 1 aromatic heterocycles. The minimum Gasteiger partial charge on any atom is -0.508 e. The Balaban J connectivity index is 2.07. The molecule has 1 aliphatic rings. The largest absolute Gasteiger partial charge is 0.508 e. The van der Waals surface area contributed by atoms with Crippen LogP contribution in [0.4, 0.5) is 5.82 Å². The lowest BCUT2D eigenvalue weighted by molar-refractivity contribution is 0.476. The van der Waals surface area contributed by atoms with E-state index in [1.807, 2.05) is 18.3 Å². The van der Waals surface area contributed by atoms with E-state index < -0.39 is 0 Å². The molecule has 1 aliphatic carbocycles. The maximum atomic E-state index is 9.76. The average molecular weight is 291 g/mol. The summed E-state index contributed by atoms with van der Waals surface area (Å²) in [5.41, 5.74) is 0. The Kier molecular flexibility index (Phi) is 3.97. The number of hydrogen-bond donors (Lipinski definition) is 1. The zero-order valence-electron chi connectivity index (χ0n) is 11.4. The maximum absolute atomic E-state index is 9.76. The molecule has 1 heterocycles. The third-order valence-corrected chi connectivity index (χ3v) is 4.26. The third kappa shape index (κ3) is 2.55. The van der Waals surface area contributed by atoms with Gasteiger partial charge in [0.25, 0.3) is 0 Å². The number of alkyl halides is 1. The number of phenolic OH excluding ortho intramolecular Hbond substituents is 1. The Bertz CT molecular complexity index is 596. The van der Waals surface area contributed by atoms with E-state index in [1.165, 1.54) is 25.7 Å². The molecule has 1 fully saturated rings. The first kappa shape index (κ1) is 13.5. The zero-order valence-corrected chi connectivity index (χ0v) is 12.2. The molecule has 20 heavy (non-hydrogen) atoms. The highest BCUT2D eigenvalue weighted by Gasteiger charge is 2.24. The van der Waals surface area contributed by atoms with Crippen molar-refractivity contribution in [2.24, 2.45) is 0 Å². The smallest absolute Gasteiger partial charge is 0.136 e. The van der Waals surface area contributed by atoms with Gasteiger partial charge in [-0.3, -0.25) is 0 Å². The van der Waals surface area contributed by atoms with Gasteiger partial charge >= 0.3 is 0 Å². The molecule has 0 atom stereocenters. The van der Waals surface area contributed by atoms with Gasteiger partial charge in [0.05, 0.1) is 0 Å². The lowest BCUT2D eigenvalue weighted by atomic mass is 10.1. The van der Waals surface area contributed by atoms with Crippen molar-refractivity contribution >= 4 is 28.2 Å². The quantitative estimate of drug-likeness (QED) is 0.867. The van der Waals surface area contributed by atoms with Crippen LogP contribution >= 0.6 is 11.6 Å². The minimum absolute atomic E-state index is 0.281. The number of phenols is 1. The summed E-state index contributed by atoms with van der Waals surface area (Å²) in [7, 11) is 0. The van der Waals surface area contributed by atoms with Gasteiger partial charge in [-0.05, 0) is 36.4 Å². The number of aromatic nitrogens is 1. The second kappa shape index (κ2) is 5.88. The number of benzene rings is 1. The molecule has 0 radical (unpaired) electrons. The van der Waals surface area contributed by atoms with Gasteiger partial charge in [0.2, 0.25) is 0 Å². The molecular weight excluding hydrogens is 272 g/mol. The van der Waals surface area contributed by atoms with Crippen LogP contribution in [-0.2, 0) is 0 Å². The van der Waals surface area contributed by atoms with E-state index in [4.69, 9.17) is 11.6 Å². The van der Waals surface area contributed by atoms with Crippen molar-refractivity contribution in [2.45, 2.75) is 31.7 Å². The van der Waals surface area contributed by atoms with Crippen LogP contribution in [0.15, 0.2) is 30.5 Å². The second-order valence-corrected chi connectivity index (χ2v) is 5.74. The lowest BCUT2D eigenvalue weighted by Crippen LogP contribution is -2.35. The molecule has 106 valence electrons. The molecule has 0 bridgehead atoms. The average Bonchev–Trinajstić information content (AvgIpc) is 2.98. The molecular formula is C16H19ClN2O. The van der Waals surface area contributed by atoms with E-state index in [-0.39, 0.29) is 5.75 Å². The summed E-state index contributed by atoms with van der Waals surface area (Å²) in [4.78, 5) is 6.89. The van der Waals surface area contributed by atoms with Crippen LogP contribution < -0.4 is 4.90 Å². The summed E-state index contributed by atoms with van der Waals surface area (Å²) < 4.78 is 0. The number of rotatable bonds is 4. The lowest BCUT2D eigenvalue weighted by Gasteiger charge is -2.30. The Hall–Kier alpha value is -1.48. The van der Waals surface area contributed by atoms with E-state index in [0.29, 0.717) is 11.9 Å². The normalized spacial score (nSPS) is 15.8. The van der Waals surface area contributed by atoms with Gasteiger partial charge in [-0.25, -0.2) is 4.98 Å². The van der Waals surface area contributed by atoms with Crippen molar-refractivity contribution in [1.29, 1.82) is 0 Å².